The lowest BCUT2D eigenvalue weighted by Crippen LogP contribution is -2.38. The summed E-state index contributed by atoms with van der Waals surface area (Å²) >= 11 is 3.05. The van der Waals surface area contributed by atoms with Crippen LogP contribution in [0, 0.1) is 11.7 Å². The molecule has 0 atom stereocenters. The molecule has 1 saturated heterocycles. The van der Waals surface area contributed by atoms with Gasteiger partial charge in [-0.05, 0) is 42.5 Å². The molecule has 0 saturated carbocycles. The summed E-state index contributed by atoms with van der Waals surface area (Å²) in [5.41, 5.74) is 1.81. The first-order valence-electron chi connectivity index (χ1n) is 9.01. The zero-order valence-corrected chi connectivity index (χ0v) is 16.7. The molecule has 1 aliphatic rings. The van der Waals surface area contributed by atoms with Gasteiger partial charge in [-0.3, -0.25) is 4.79 Å². The Morgan fingerprint density at radius 3 is 2.74 bits per heavy atom. The van der Waals surface area contributed by atoms with E-state index in [1.54, 1.807) is 29.8 Å². The van der Waals surface area contributed by atoms with Gasteiger partial charge >= 0.3 is 0 Å². The molecule has 140 valence electrons. The Labute approximate surface area is 165 Å². The highest BCUT2D eigenvalue weighted by atomic mass is 32.2. The smallest absolute Gasteiger partial charge is 0.232 e. The highest BCUT2D eigenvalue weighted by Crippen LogP contribution is 2.37. The van der Waals surface area contributed by atoms with Gasteiger partial charge in [0.25, 0.3) is 0 Å². The Morgan fingerprint density at radius 1 is 1.26 bits per heavy atom. The zero-order valence-electron chi connectivity index (χ0n) is 15.0. The quantitative estimate of drug-likeness (QED) is 0.463. The van der Waals surface area contributed by atoms with Gasteiger partial charge in [-0.1, -0.05) is 30.8 Å². The third-order valence-corrected chi connectivity index (χ3v) is 7.16. The third kappa shape index (κ3) is 4.14. The summed E-state index contributed by atoms with van der Waals surface area (Å²) in [6.45, 7) is 3.95. The van der Waals surface area contributed by atoms with Gasteiger partial charge in [0.15, 0.2) is 0 Å². The number of thioether (sulfide) groups is 1. The number of nitrogens with zero attached hydrogens (tertiary/aromatic N) is 3. The van der Waals surface area contributed by atoms with Gasteiger partial charge in [0.1, 0.15) is 17.2 Å². The fourth-order valence-corrected chi connectivity index (χ4v) is 5.27. The van der Waals surface area contributed by atoms with Crippen LogP contribution in [-0.4, -0.2) is 39.6 Å². The lowest BCUT2D eigenvalue weighted by molar-refractivity contribution is -0.129. The van der Waals surface area contributed by atoms with Crippen LogP contribution in [-0.2, 0) is 4.79 Å². The maximum atomic E-state index is 13.2. The molecule has 1 amide bonds. The molecule has 3 heterocycles. The summed E-state index contributed by atoms with van der Waals surface area (Å²) in [5, 5.41) is 0.831. The maximum absolute atomic E-state index is 13.2. The molecule has 1 fully saturated rings. The summed E-state index contributed by atoms with van der Waals surface area (Å²) in [4.78, 5) is 24.2. The molecule has 4 nitrogen and oxygen atoms in total. The van der Waals surface area contributed by atoms with Crippen molar-refractivity contribution < 1.29 is 9.18 Å². The van der Waals surface area contributed by atoms with Crippen LogP contribution in [0.2, 0.25) is 0 Å². The van der Waals surface area contributed by atoms with Crippen LogP contribution >= 0.6 is 23.1 Å². The van der Waals surface area contributed by atoms with Gasteiger partial charge in [0.05, 0.1) is 16.0 Å². The minimum Gasteiger partial charge on any atom is -0.342 e. The zero-order chi connectivity index (χ0) is 18.8. The molecule has 0 unspecified atom stereocenters. The van der Waals surface area contributed by atoms with Gasteiger partial charge in [-0.15, -0.1) is 11.3 Å². The van der Waals surface area contributed by atoms with E-state index in [1.165, 1.54) is 23.9 Å². The highest BCUT2D eigenvalue weighted by Gasteiger charge is 2.21. The van der Waals surface area contributed by atoms with Gasteiger partial charge in [0.2, 0.25) is 5.91 Å². The van der Waals surface area contributed by atoms with Crippen LogP contribution in [0.1, 0.15) is 19.8 Å². The molecule has 0 spiro atoms. The number of carbonyl (C=O) groups is 1. The number of thiophene rings is 1. The van der Waals surface area contributed by atoms with Crippen molar-refractivity contribution in [1.29, 1.82) is 0 Å². The molecule has 1 aromatic carbocycles. The average molecular weight is 402 g/mol. The summed E-state index contributed by atoms with van der Waals surface area (Å²) < 4.78 is 14.1. The lowest BCUT2D eigenvalue weighted by Gasteiger charge is -2.30. The monoisotopic (exact) mass is 401 g/mol. The molecule has 0 N–H and O–H groups in total. The van der Waals surface area contributed by atoms with E-state index in [4.69, 9.17) is 0 Å². The van der Waals surface area contributed by atoms with Crippen molar-refractivity contribution in [2.45, 2.75) is 24.8 Å². The first kappa shape index (κ1) is 18.4. The van der Waals surface area contributed by atoms with Crippen molar-refractivity contribution in [2.24, 2.45) is 5.92 Å². The van der Waals surface area contributed by atoms with E-state index < -0.39 is 0 Å². The summed E-state index contributed by atoms with van der Waals surface area (Å²) in [7, 11) is 0. The fraction of sp³-hybridized carbons (Fsp3) is 0.350. The molecular formula is C20H20FN3OS2. The van der Waals surface area contributed by atoms with E-state index in [2.05, 4.69) is 16.9 Å². The molecule has 4 rings (SSSR count). The Balaban J connectivity index is 1.50. The predicted octanol–water partition coefficient (Wildman–Crippen LogP) is 4.85. The second-order valence-corrected chi connectivity index (χ2v) is 8.88. The van der Waals surface area contributed by atoms with E-state index >= 15 is 0 Å². The number of carbonyl (C=O) groups excluding carboxylic acids is 1. The first-order valence-corrected chi connectivity index (χ1v) is 10.8. The molecule has 27 heavy (non-hydrogen) atoms. The minimum absolute atomic E-state index is 0.175. The normalized spacial score (nSPS) is 15.4. The van der Waals surface area contributed by atoms with Crippen molar-refractivity contribution in [2.75, 3.05) is 18.8 Å². The molecule has 2 aromatic heterocycles. The van der Waals surface area contributed by atoms with E-state index in [1.807, 2.05) is 11.0 Å². The van der Waals surface area contributed by atoms with Crippen LogP contribution in [0.15, 0.2) is 41.7 Å². The molecule has 3 aromatic rings. The number of halogens is 1. The minimum atomic E-state index is -0.249. The summed E-state index contributed by atoms with van der Waals surface area (Å²) in [6, 6.07) is 8.44. The Kier molecular flexibility index (Phi) is 5.41. The average Bonchev–Trinajstić information content (AvgIpc) is 3.12. The Morgan fingerprint density at radius 2 is 2.00 bits per heavy atom. The van der Waals surface area contributed by atoms with Crippen LogP contribution in [0.4, 0.5) is 4.39 Å². The fourth-order valence-electron chi connectivity index (χ4n) is 3.17. The highest BCUT2D eigenvalue weighted by molar-refractivity contribution is 8.00. The molecule has 0 bridgehead atoms. The lowest BCUT2D eigenvalue weighted by atomic mass is 9.99. The number of aromatic nitrogens is 2. The number of rotatable bonds is 4. The predicted molar refractivity (Wildman–Crippen MR) is 109 cm³/mol. The number of fused-ring (bicyclic) bond motifs is 1. The molecule has 7 heteroatoms. The van der Waals surface area contributed by atoms with E-state index in [-0.39, 0.29) is 11.7 Å². The molecule has 0 aliphatic carbocycles. The van der Waals surface area contributed by atoms with Crippen molar-refractivity contribution >= 4 is 39.2 Å². The Hall–Kier alpha value is -1.99. The standard InChI is InChI=1S/C20H20FN3OS2/c1-13-6-8-24(9-7-13)18(25)11-26-20-19-16(22-12-23-20)10-17(27-19)14-2-4-15(21)5-3-14/h2-5,10,12-13H,6-9,11H2,1H3. The van der Waals surface area contributed by atoms with Crippen molar-refractivity contribution in [3.05, 3.63) is 42.5 Å². The van der Waals surface area contributed by atoms with Gasteiger partial charge in [0, 0.05) is 18.0 Å². The largest absolute Gasteiger partial charge is 0.342 e. The number of hydrogen-bond donors (Lipinski definition) is 0. The molecular weight excluding hydrogens is 381 g/mol. The van der Waals surface area contributed by atoms with Gasteiger partial charge < -0.3 is 4.90 Å². The second kappa shape index (κ2) is 7.94. The summed E-state index contributed by atoms with van der Waals surface area (Å²) in [6.07, 6.45) is 3.71. The van der Waals surface area contributed by atoms with E-state index in [9.17, 15) is 9.18 Å². The number of amides is 1. The first-order chi connectivity index (χ1) is 13.1. The number of hydrogen-bond acceptors (Lipinski definition) is 5. The molecule has 0 radical (unpaired) electrons. The maximum Gasteiger partial charge on any atom is 0.232 e. The van der Waals surface area contributed by atoms with E-state index in [0.29, 0.717) is 11.7 Å². The van der Waals surface area contributed by atoms with Crippen LogP contribution in [0.3, 0.4) is 0 Å². The number of piperidine rings is 1. The molecule has 1 aliphatic heterocycles. The van der Waals surface area contributed by atoms with Crippen molar-refractivity contribution in [1.82, 2.24) is 14.9 Å². The topological polar surface area (TPSA) is 46.1 Å². The van der Waals surface area contributed by atoms with Crippen LogP contribution < -0.4 is 0 Å². The summed E-state index contributed by atoms with van der Waals surface area (Å²) in [5.74, 6) is 1.03. The number of benzene rings is 1. The van der Waals surface area contributed by atoms with Crippen molar-refractivity contribution in [3.8, 4) is 10.4 Å². The SMILES string of the molecule is CC1CCN(C(=O)CSc2ncnc3cc(-c4ccc(F)cc4)sc23)CC1. The van der Waals surface area contributed by atoms with Crippen LogP contribution in [0.5, 0.6) is 0 Å². The van der Waals surface area contributed by atoms with Gasteiger partial charge in [-0.2, -0.15) is 0 Å². The van der Waals surface area contributed by atoms with E-state index in [0.717, 1.165) is 51.6 Å². The Bertz CT molecular complexity index is 950. The van der Waals surface area contributed by atoms with Gasteiger partial charge in [-0.25, -0.2) is 14.4 Å². The third-order valence-electron chi connectivity index (χ3n) is 4.88. The second-order valence-electron chi connectivity index (χ2n) is 6.86. The number of likely N-dealkylation sites (tertiary alicyclic amines) is 1. The van der Waals surface area contributed by atoms with Crippen molar-refractivity contribution in [3.63, 3.8) is 0 Å². The van der Waals surface area contributed by atoms with Crippen LogP contribution in [0.25, 0.3) is 20.7 Å².